The van der Waals surface area contributed by atoms with Gasteiger partial charge in [0.15, 0.2) is 0 Å². The van der Waals surface area contributed by atoms with Gasteiger partial charge in [-0.05, 0) is 43.9 Å². The first-order chi connectivity index (χ1) is 9.51. The Hall–Kier alpha value is -1.06. The molecule has 4 nitrogen and oxygen atoms in total. The summed E-state index contributed by atoms with van der Waals surface area (Å²) in [4.78, 5) is 23.3. The highest BCUT2D eigenvalue weighted by atomic mass is 16.4. The molecule has 1 amide bonds. The van der Waals surface area contributed by atoms with E-state index in [9.17, 15) is 9.59 Å². The van der Waals surface area contributed by atoms with Crippen molar-refractivity contribution < 1.29 is 14.7 Å². The van der Waals surface area contributed by atoms with Crippen LogP contribution in [0, 0.1) is 11.3 Å². The number of rotatable bonds is 6. The quantitative estimate of drug-likeness (QED) is 0.786. The topological polar surface area (TPSA) is 66.4 Å². The highest BCUT2D eigenvalue weighted by molar-refractivity contribution is 5.78. The molecule has 4 heteroatoms. The van der Waals surface area contributed by atoms with Gasteiger partial charge in [0.1, 0.15) is 0 Å². The van der Waals surface area contributed by atoms with E-state index in [1.807, 2.05) is 0 Å². The summed E-state index contributed by atoms with van der Waals surface area (Å²) in [6.45, 7) is 2.09. The van der Waals surface area contributed by atoms with Crippen LogP contribution < -0.4 is 5.32 Å². The predicted molar refractivity (Wildman–Crippen MR) is 77.3 cm³/mol. The highest BCUT2D eigenvalue weighted by Crippen LogP contribution is 2.44. The maximum atomic E-state index is 12.2. The molecule has 0 aliphatic heterocycles. The smallest absolute Gasteiger partial charge is 0.303 e. The fourth-order valence-corrected chi connectivity index (χ4v) is 4.08. The molecule has 0 radical (unpaired) electrons. The maximum absolute atomic E-state index is 12.2. The third-order valence-corrected chi connectivity index (χ3v) is 5.22. The Labute approximate surface area is 121 Å². The number of amides is 1. The summed E-state index contributed by atoms with van der Waals surface area (Å²) in [7, 11) is 0. The fraction of sp³-hybridized carbons (Fsp3) is 0.875. The molecule has 0 saturated heterocycles. The van der Waals surface area contributed by atoms with E-state index in [1.165, 1.54) is 25.7 Å². The number of carboxylic acids is 1. The highest BCUT2D eigenvalue weighted by Gasteiger charge is 2.38. The van der Waals surface area contributed by atoms with Gasteiger partial charge in [0.2, 0.25) is 5.91 Å². The second kappa shape index (κ2) is 6.59. The standard InChI is InChI=1S/C16H27NO3/c1-12(13-6-2-3-7-13)17-14(18)10-16(11-15(19)20)8-4-5-9-16/h12-13H,2-11H2,1H3,(H,17,18)(H,19,20)/t12-/m1/s1. The van der Waals surface area contributed by atoms with E-state index < -0.39 is 5.97 Å². The van der Waals surface area contributed by atoms with E-state index in [0.717, 1.165) is 25.7 Å². The number of hydrogen-bond donors (Lipinski definition) is 2. The van der Waals surface area contributed by atoms with Crippen LogP contribution in [0.4, 0.5) is 0 Å². The maximum Gasteiger partial charge on any atom is 0.303 e. The zero-order valence-electron chi connectivity index (χ0n) is 12.5. The molecule has 0 bridgehead atoms. The molecule has 0 aromatic rings. The normalized spacial score (nSPS) is 23.6. The van der Waals surface area contributed by atoms with Gasteiger partial charge in [-0.1, -0.05) is 25.7 Å². The molecule has 2 aliphatic carbocycles. The SMILES string of the molecule is C[C@@H](NC(=O)CC1(CC(=O)O)CCCC1)C1CCCC1. The molecule has 0 unspecified atom stereocenters. The van der Waals surface area contributed by atoms with Gasteiger partial charge in [-0.2, -0.15) is 0 Å². The molecule has 2 N–H and O–H groups in total. The van der Waals surface area contributed by atoms with Crippen molar-refractivity contribution in [3.05, 3.63) is 0 Å². The molecule has 2 aliphatic rings. The molecule has 2 saturated carbocycles. The molecule has 0 heterocycles. The zero-order valence-corrected chi connectivity index (χ0v) is 12.5. The van der Waals surface area contributed by atoms with Crippen molar-refractivity contribution >= 4 is 11.9 Å². The van der Waals surface area contributed by atoms with Gasteiger partial charge in [0.05, 0.1) is 6.42 Å². The van der Waals surface area contributed by atoms with Crippen molar-refractivity contribution in [1.82, 2.24) is 5.32 Å². The molecule has 2 rings (SSSR count). The molecule has 0 aromatic heterocycles. The van der Waals surface area contributed by atoms with Crippen LogP contribution in [-0.4, -0.2) is 23.0 Å². The summed E-state index contributed by atoms with van der Waals surface area (Å²) >= 11 is 0. The molecular weight excluding hydrogens is 254 g/mol. The Morgan fingerprint density at radius 3 is 2.30 bits per heavy atom. The number of carbonyl (C=O) groups excluding carboxylic acids is 1. The van der Waals surface area contributed by atoms with E-state index in [1.54, 1.807) is 0 Å². The summed E-state index contributed by atoms with van der Waals surface area (Å²) < 4.78 is 0. The second-order valence-electron chi connectivity index (χ2n) is 6.86. The van der Waals surface area contributed by atoms with Crippen molar-refractivity contribution in [3.8, 4) is 0 Å². The van der Waals surface area contributed by atoms with Crippen molar-refractivity contribution in [2.75, 3.05) is 0 Å². The first-order valence-corrected chi connectivity index (χ1v) is 8.02. The number of carbonyl (C=O) groups is 2. The Kier molecular flexibility index (Phi) is 5.06. The van der Waals surface area contributed by atoms with Crippen LogP contribution in [-0.2, 0) is 9.59 Å². The van der Waals surface area contributed by atoms with E-state index in [0.29, 0.717) is 12.3 Å². The minimum Gasteiger partial charge on any atom is -0.481 e. The van der Waals surface area contributed by atoms with Crippen molar-refractivity contribution in [2.45, 2.75) is 77.2 Å². The summed E-state index contributed by atoms with van der Waals surface area (Å²) in [5.74, 6) is -0.117. The van der Waals surface area contributed by atoms with Crippen LogP contribution in [0.15, 0.2) is 0 Å². The Balaban J connectivity index is 1.86. The molecule has 0 spiro atoms. The van der Waals surface area contributed by atoms with Gasteiger partial charge in [-0.25, -0.2) is 0 Å². The predicted octanol–water partition coefficient (Wildman–Crippen LogP) is 3.11. The zero-order chi connectivity index (χ0) is 14.6. The Morgan fingerprint density at radius 2 is 1.75 bits per heavy atom. The number of hydrogen-bond acceptors (Lipinski definition) is 2. The Bertz CT molecular complexity index is 355. The summed E-state index contributed by atoms with van der Waals surface area (Å²) in [5, 5.41) is 12.2. The third kappa shape index (κ3) is 3.97. The summed E-state index contributed by atoms with van der Waals surface area (Å²) in [5.41, 5.74) is -0.286. The first kappa shape index (κ1) is 15.3. The molecule has 20 heavy (non-hydrogen) atoms. The monoisotopic (exact) mass is 281 g/mol. The number of nitrogens with one attached hydrogen (secondary N) is 1. The van der Waals surface area contributed by atoms with E-state index in [4.69, 9.17) is 5.11 Å². The lowest BCUT2D eigenvalue weighted by atomic mass is 9.79. The third-order valence-electron chi connectivity index (χ3n) is 5.22. The molecule has 1 atom stereocenters. The second-order valence-corrected chi connectivity index (χ2v) is 6.86. The van der Waals surface area contributed by atoms with E-state index in [-0.39, 0.29) is 23.8 Å². The summed E-state index contributed by atoms with van der Waals surface area (Å²) in [6.07, 6.45) is 9.35. The van der Waals surface area contributed by atoms with Crippen LogP contribution in [0.2, 0.25) is 0 Å². The average Bonchev–Trinajstić information content (AvgIpc) is 2.98. The minimum absolute atomic E-state index is 0.0487. The molecule has 0 aromatic carbocycles. The van der Waals surface area contributed by atoms with Crippen molar-refractivity contribution in [2.24, 2.45) is 11.3 Å². The minimum atomic E-state index is -0.774. The van der Waals surface area contributed by atoms with Crippen LogP contribution >= 0.6 is 0 Å². The van der Waals surface area contributed by atoms with Crippen LogP contribution in [0.5, 0.6) is 0 Å². The van der Waals surface area contributed by atoms with Crippen molar-refractivity contribution in [1.29, 1.82) is 0 Å². The van der Waals surface area contributed by atoms with Gasteiger partial charge >= 0.3 is 5.97 Å². The van der Waals surface area contributed by atoms with Crippen LogP contribution in [0.3, 0.4) is 0 Å². The average molecular weight is 281 g/mol. The van der Waals surface area contributed by atoms with Crippen molar-refractivity contribution in [3.63, 3.8) is 0 Å². The van der Waals surface area contributed by atoms with Gasteiger partial charge in [0.25, 0.3) is 0 Å². The van der Waals surface area contributed by atoms with Gasteiger partial charge in [-0.15, -0.1) is 0 Å². The van der Waals surface area contributed by atoms with Crippen LogP contribution in [0.25, 0.3) is 0 Å². The lowest BCUT2D eigenvalue weighted by molar-refractivity contribution is -0.140. The van der Waals surface area contributed by atoms with Gasteiger partial charge < -0.3 is 10.4 Å². The lowest BCUT2D eigenvalue weighted by Crippen LogP contribution is -2.40. The van der Waals surface area contributed by atoms with Gasteiger partial charge in [0, 0.05) is 12.5 Å². The number of aliphatic carboxylic acids is 1. The largest absolute Gasteiger partial charge is 0.481 e. The first-order valence-electron chi connectivity index (χ1n) is 8.02. The molecule has 2 fully saturated rings. The van der Waals surface area contributed by atoms with E-state index in [2.05, 4.69) is 12.2 Å². The number of carboxylic acid groups (broad SMARTS) is 1. The molecular formula is C16H27NO3. The van der Waals surface area contributed by atoms with Crippen LogP contribution in [0.1, 0.15) is 71.1 Å². The fourth-order valence-electron chi connectivity index (χ4n) is 4.08. The summed E-state index contributed by atoms with van der Waals surface area (Å²) in [6, 6.07) is 0.230. The van der Waals surface area contributed by atoms with Gasteiger partial charge in [-0.3, -0.25) is 9.59 Å². The van der Waals surface area contributed by atoms with E-state index >= 15 is 0 Å². The molecule has 114 valence electrons. The Morgan fingerprint density at radius 1 is 1.15 bits per heavy atom. The lowest BCUT2D eigenvalue weighted by Gasteiger charge is -2.28.